The lowest BCUT2D eigenvalue weighted by atomic mass is 9.84. The number of hydrogen-bond acceptors (Lipinski definition) is 5. The molecule has 0 amide bonds. The van der Waals surface area contributed by atoms with Crippen molar-refractivity contribution < 1.29 is 10.2 Å². The predicted octanol–water partition coefficient (Wildman–Crippen LogP) is 5.95. The lowest BCUT2D eigenvalue weighted by Gasteiger charge is -2.28. The Morgan fingerprint density at radius 1 is 0.649 bits per heavy atom. The molecule has 0 radical (unpaired) electrons. The summed E-state index contributed by atoms with van der Waals surface area (Å²) in [5.74, 6) is 0.873. The van der Waals surface area contributed by atoms with Gasteiger partial charge in [-0.1, -0.05) is 78.3 Å². The van der Waals surface area contributed by atoms with Gasteiger partial charge < -0.3 is 15.1 Å². The molecule has 1 heterocycles. The number of aryl methyl sites for hydroxylation is 2. The van der Waals surface area contributed by atoms with Gasteiger partial charge in [0, 0.05) is 63.5 Å². The fourth-order valence-corrected chi connectivity index (χ4v) is 5.25. The van der Waals surface area contributed by atoms with Gasteiger partial charge in [0.25, 0.3) is 0 Å². The summed E-state index contributed by atoms with van der Waals surface area (Å²) in [5.41, 5.74) is 6.41. The largest absolute Gasteiger partial charge is 0.507 e. The zero-order valence-electron chi connectivity index (χ0n) is 24.9. The minimum absolute atomic E-state index is 0.0402. The first-order chi connectivity index (χ1) is 17.2. The second-order valence-electron chi connectivity index (χ2n) is 13.1. The Kier molecular flexibility index (Phi) is 9.36. The summed E-state index contributed by atoms with van der Waals surface area (Å²) in [5, 5.41) is 22.1. The molecule has 1 fully saturated rings. The third kappa shape index (κ3) is 7.72. The molecule has 2 aromatic carbocycles. The number of benzene rings is 2. The van der Waals surface area contributed by atoms with E-state index >= 15 is 0 Å². The molecule has 0 saturated carbocycles. The van der Waals surface area contributed by atoms with Gasteiger partial charge in [-0.3, -0.25) is 9.80 Å². The van der Waals surface area contributed by atoms with Gasteiger partial charge in [0.15, 0.2) is 0 Å². The van der Waals surface area contributed by atoms with E-state index in [1.807, 2.05) is 6.92 Å². The van der Waals surface area contributed by atoms with Crippen molar-refractivity contribution in [3.8, 4) is 11.5 Å². The minimum atomic E-state index is -0.101. The Morgan fingerprint density at radius 3 is 1.59 bits per heavy atom. The van der Waals surface area contributed by atoms with Gasteiger partial charge >= 0.3 is 0 Å². The van der Waals surface area contributed by atoms with Gasteiger partial charge in [-0.15, -0.1) is 0 Å². The molecular weight excluding hydrogens is 458 g/mol. The molecule has 5 heteroatoms. The van der Waals surface area contributed by atoms with Gasteiger partial charge in [0.05, 0.1) is 0 Å². The van der Waals surface area contributed by atoms with Crippen LogP contribution in [-0.4, -0.2) is 70.7 Å². The van der Waals surface area contributed by atoms with Crippen molar-refractivity contribution >= 4 is 0 Å². The van der Waals surface area contributed by atoms with Crippen molar-refractivity contribution in [2.24, 2.45) is 0 Å². The van der Waals surface area contributed by atoms with E-state index in [0.717, 1.165) is 81.2 Å². The van der Waals surface area contributed by atoms with Crippen LogP contribution in [0.1, 0.15) is 81.8 Å². The van der Waals surface area contributed by atoms with E-state index in [1.165, 1.54) is 11.1 Å². The molecule has 1 aliphatic heterocycles. The summed E-state index contributed by atoms with van der Waals surface area (Å²) in [7, 11) is 0. The molecule has 2 aromatic rings. The third-order valence-corrected chi connectivity index (χ3v) is 7.82. The topological polar surface area (TPSA) is 50.2 Å². The highest BCUT2D eigenvalue weighted by molar-refractivity contribution is 5.47. The number of phenolic OH excluding ortho intramolecular Hbond substituents is 2. The summed E-state index contributed by atoms with van der Waals surface area (Å²) in [4.78, 5) is 7.48. The summed E-state index contributed by atoms with van der Waals surface area (Å²) >= 11 is 0. The third-order valence-electron chi connectivity index (χ3n) is 7.82. The molecule has 1 aliphatic rings. The molecule has 0 bridgehead atoms. The first kappa shape index (κ1) is 29.5. The van der Waals surface area contributed by atoms with Crippen molar-refractivity contribution in [3.63, 3.8) is 0 Å². The first-order valence-electron chi connectivity index (χ1n) is 14.0. The average molecular weight is 510 g/mol. The summed E-state index contributed by atoms with van der Waals surface area (Å²) < 4.78 is 0. The zero-order valence-corrected chi connectivity index (χ0v) is 24.9. The van der Waals surface area contributed by atoms with Gasteiger partial charge in [-0.25, -0.2) is 0 Å². The van der Waals surface area contributed by atoms with Gasteiger partial charge in [-0.05, 0) is 47.9 Å². The normalized spacial score (nSPS) is 17.4. The quantitative estimate of drug-likeness (QED) is 0.522. The van der Waals surface area contributed by atoms with E-state index in [0.29, 0.717) is 11.5 Å². The lowest BCUT2D eigenvalue weighted by Crippen LogP contribution is -2.35. The van der Waals surface area contributed by atoms with Gasteiger partial charge in [0.2, 0.25) is 0 Å². The van der Waals surface area contributed by atoms with Crippen molar-refractivity contribution in [1.29, 1.82) is 0 Å². The van der Waals surface area contributed by atoms with E-state index in [2.05, 4.69) is 94.4 Å². The van der Waals surface area contributed by atoms with Crippen LogP contribution in [0.25, 0.3) is 0 Å². The second-order valence-corrected chi connectivity index (χ2v) is 13.1. The van der Waals surface area contributed by atoms with Crippen LogP contribution in [-0.2, 0) is 23.9 Å². The smallest absolute Gasteiger partial charge is 0.123 e. The molecule has 5 nitrogen and oxygen atoms in total. The van der Waals surface area contributed by atoms with Crippen LogP contribution in [0.15, 0.2) is 24.3 Å². The minimum Gasteiger partial charge on any atom is -0.507 e. The van der Waals surface area contributed by atoms with Crippen LogP contribution in [0, 0.1) is 13.8 Å². The predicted molar refractivity (Wildman–Crippen MR) is 156 cm³/mol. The van der Waals surface area contributed by atoms with Crippen molar-refractivity contribution in [1.82, 2.24) is 14.7 Å². The van der Waals surface area contributed by atoms with Crippen LogP contribution < -0.4 is 0 Å². The Labute approximate surface area is 226 Å². The van der Waals surface area contributed by atoms with Gasteiger partial charge in [0.1, 0.15) is 11.5 Å². The number of nitrogens with zero attached hydrogens (tertiary/aromatic N) is 3. The molecule has 0 aliphatic carbocycles. The molecule has 0 aromatic heterocycles. The Bertz CT molecular complexity index is 1050. The lowest BCUT2D eigenvalue weighted by molar-refractivity contribution is 0.206. The van der Waals surface area contributed by atoms with Crippen LogP contribution in [0.5, 0.6) is 11.5 Å². The van der Waals surface area contributed by atoms with E-state index in [-0.39, 0.29) is 10.8 Å². The maximum absolute atomic E-state index is 11.2. The Balaban J connectivity index is 1.84. The fraction of sp³-hybridized carbons (Fsp3) is 0.625. The number of phenols is 2. The highest BCUT2D eigenvalue weighted by Crippen LogP contribution is 2.35. The average Bonchev–Trinajstić information content (AvgIpc) is 2.88. The van der Waals surface area contributed by atoms with Crippen LogP contribution in [0.4, 0.5) is 0 Å². The number of aromatic hydroxyl groups is 2. The monoisotopic (exact) mass is 509 g/mol. The van der Waals surface area contributed by atoms with Crippen molar-refractivity contribution in [2.75, 3.05) is 45.8 Å². The van der Waals surface area contributed by atoms with E-state index in [4.69, 9.17) is 0 Å². The number of hydrogen-bond donors (Lipinski definition) is 2. The van der Waals surface area contributed by atoms with Crippen LogP contribution in [0.3, 0.4) is 0 Å². The van der Waals surface area contributed by atoms with Gasteiger partial charge in [-0.2, -0.15) is 0 Å². The fourth-order valence-electron chi connectivity index (χ4n) is 5.25. The molecule has 1 saturated heterocycles. The first-order valence-corrected chi connectivity index (χ1v) is 14.0. The van der Waals surface area contributed by atoms with Crippen molar-refractivity contribution in [2.45, 2.75) is 86.2 Å². The number of rotatable bonds is 5. The highest BCUT2D eigenvalue weighted by atomic mass is 16.3. The van der Waals surface area contributed by atoms with Crippen LogP contribution >= 0.6 is 0 Å². The van der Waals surface area contributed by atoms with Crippen LogP contribution in [0.2, 0.25) is 0 Å². The van der Waals surface area contributed by atoms with E-state index in [1.54, 1.807) is 0 Å². The SMILES string of the molecule is CCN1CCN(Cc2cc(C(C)(C)C)cc(C)c2O)CCN(Cc2cc(C)cc(C(C)(C)C)c2O)CC1. The van der Waals surface area contributed by atoms with E-state index < -0.39 is 0 Å². The summed E-state index contributed by atoms with van der Waals surface area (Å²) in [6.45, 7) is 27.9. The maximum atomic E-state index is 11.2. The summed E-state index contributed by atoms with van der Waals surface area (Å²) in [6, 6.07) is 8.59. The molecule has 3 rings (SSSR count). The second kappa shape index (κ2) is 11.8. The molecule has 0 unspecified atom stereocenters. The molecule has 206 valence electrons. The number of likely N-dealkylation sites (N-methyl/N-ethyl adjacent to an activating group) is 1. The summed E-state index contributed by atoms with van der Waals surface area (Å²) in [6.07, 6.45) is 0. The molecule has 2 N–H and O–H groups in total. The zero-order chi connectivity index (χ0) is 27.5. The Morgan fingerprint density at radius 2 is 1.14 bits per heavy atom. The standard InChI is InChI=1S/C32H51N3O2/c1-10-33-11-13-34(21-25-17-23(2)18-28(30(25)37)32(7,8)9)15-16-35(14-12-33)22-26-20-27(31(4,5)6)19-24(3)29(26)36/h17-20,36-37H,10-16,21-22H2,1-9H3. The maximum Gasteiger partial charge on any atom is 0.123 e. The van der Waals surface area contributed by atoms with E-state index in [9.17, 15) is 10.2 Å². The van der Waals surface area contributed by atoms with Crippen molar-refractivity contribution in [3.05, 3.63) is 57.6 Å². The molecule has 0 atom stereocenters. The molecular formula is C32H51N3O2. The molecule has 37 heavy (non-hydrogen) atoms. The molecule has 0 spiro atoms. The highest BCUT2D eigenvalue weighted by Gasteiger charge is 2.24. The Hall–Kier alpha value is -2.08.